The van der Waals surface area contributed by atoms with Gasteiger partial charge in [0, 0.05) is 17.9 Å². The molecule has 1 saturated heterocycles. The Morgan fingerprint density at radius 2 is 1.89 bits per heavy atom. The highest BCUT2D eigenvalue weighted by molar-refractivity contribution is 7.99. The summed E-state index contributed by atoms with van der Waals surface area (Å²) in [4.78, 5) is 58.4. The summed E-state index contributed by atoms with van der Waals surface area (Å²) >= 11 is 1.10. The van der Waals surface area contributed by atoms with Crippen LogP contribution in [0.1, 0.15) is 19.1 Å². The van der Waals surface area contributed by atoms with Crippen LogP contribution in [0.15, 0.2) is 12.7 Å². The number of carboxylic acid groups (broad SMARTS) is 2. The van der Waals surface area contributed by atoms with E-state index in [0.717, 1.165) is 11.8 Å². The Hall–Kier alpha value is -3.58. The van der Waals surface area contributed by atoms with Gasteiger partial charge in [-0.15, -0.1) is 0 Å². The van der Waals surface area contributed by atoms with Crippen molar-refractivity contribution in [2.24, 2.45) is 5.73 Å². The standard InChI is InChI=1S/C20H28N8O9S/c21-8(20(35)36)1-2-11(29)27-9(18(34)23-3-12(30)31)4-38-5-10-14(32)15(33)19(37-10)28-7-26-13-16(22)24-6-25-17(13)28/h6-10,14-15,19,32-33H,1-5,21H2,(H,23,34)(H,27,29)(H,30,31)(H,35,36)(H2,22,24,25)/t8-,9-,10+,14+,15+,19+/m0/s1. The molecule has 0 unspecified atom stereocenters. The van der Waals surface area contributed by atoms with Crippen molar-refractivity contribution >= 4 is 52.5 Å². The second-order valence-corrected chi connectivity index (χ2v) is 9.46. The lowest BCUT2D eigenvalue weighted by molar-refractivity contribution is -0.139. The van der Waals surface area contributed by atoms with Crippen LogP contribution in [-0.4, -0.2) is 112 Å². The molecule has 0 aliphatic carbocycles. The molecule has 10 N–H and O–H groups in total. The summed E-state index contributed by atoms with van der Waals surface area (Å²) < 4.78 is 7.25. The molecule has 17 nitrogen and oxygen atoms in total. The van der Waals surface area contributed by atoms with Gasteiger partial charge in [-0.3, -0.25) is 23.7 Å². The number of fused-ring (bicyclic) bond motifs is 1. The minimum atomic E-state index is -1.35. The van der Waals surface area contributed by atoms with E-state index in [1.807, 2.05) is 0 Å². The van der Waals surface area contributed by atoms with Gasteiger partial charge in [-0.2, -0.15) is 11.8 Å². The molecule has 2 amide bonds. The van der Waals surface area contributed by atoms with Crippen LogP contribution in [-0.2, 0) is 23.9 Å². The number of hydrogen-bond donors (Lipinski definition) is 8. The van der Waals surface area contributed by atoms with E-state index < -0.39 is 66.9 Å². The Morgan fingerprint density at radius 3 is 2.58 bits per heavy atom. The first-order valence-corrected chi connectivity index (χ1v) is 12.4. The average molecular weight is 557 g/mol. The molecule has 2 aromatic rings. The minimum Gasteiger partial charge on any atom is -0.480 e. The van der Waals surface area contributed by atoms with E-state index >= 15 is 0 Å². The summed E-state index contributed by atoms with van der Waals surface area (Å²) in [6.07, 6.45) is -2.45. The molecule has 18 heteroatoms. The SMILES string of the molecule is Nc1ncnc2c1ncn2[C@@H]1O[C@H](CSC[C@H](NC(=O)CC[C@H](N)C(=O)O)C(=O)NCC(=O)O)[C@@H](O)[C@H]1O. The predicted molar refractivity (Wildman–Crippen MR) is 130 cm³/mol. The zero-order valence-electron chi connectivity index (χ0n) is 19.8. The van der Waals surface area contributed by atoms with Crippen molar-refractivity contribution in [3.8, 4) is 0 Å². The first kappa shape index (κ1) is 29.0. The maximum absolute atomic E-state index is 12.5. The lowest BCUT2D eigenvalue weighted by Crippen LogP contribution is -2.49. The average Bonchev–Trinajstić information content (AvgIpc) is 3.42. The van der Waals surface area contributed by atoms with Crippen molar-refractivity contribution in [2.75, 3.05) is 23.8 Å². The lowest BCUT2D eigenvalue weighted by atomic mass is 10.1. The summed E-state index contributed by atoms with van der Waals surface area (Å²) in [5.41, 5.74) is 11.8. The van der Waals surface area contributed by atoms with Crippen molar-refractivity contribution in [3.63, 3.8) is 0 Å². The number of carbonyl (C=O) groups excluding carboxylic acids is 2. The molecular formula is C20H28N8O9S. The van der Waals surface area contributed by atoms with E-state index in [9.17, 15) is 29.4 Å². The maximum Gasteiger partial charge on any atom is 0.322 e. The van der Waals surface area contributed by atoms with Crippen molar-refractivity contribution in [1.29, 1.82) is 0 Å². The molecule has 1 aliphatic heterocycles. The second kappa shape index (κ2) is 12.8. The fourth-order valence-electron chi connectivity index (χ4n) is 3.60. The fourth-order valence-corrected chi connectivity index (χ4v) is 4.71. The molecule has 0 saturated carbocycles. The van der Waals surface area contributed by atoms with Gasteiger partial charge < -0.3 is 47.3 Å². The highest BCUT2D eigenvalue weighted by atomic mass is 32.2. The second-order valence-electron chi connectivity index (χ2n) is 8.38. The molecule has 2 aromatic heterocycles. The monoisotopic (exact) mass is 556 g/mol. The summed E-state index contributed by atoms with van der Waals surface area (Å²) in [6.45, 7) is -0.676. The number of hydrogen-bond acceptors (Lipinski definition) is 13. The number of anilines is 1. The minimum absolute atomic E-state index is 0.0483. The zero-order valence-corrected chi connectivity index (χ0v) is 20.7. The normalized spacial score (nSPS) is 22.6. The van der Waals surface area contributed by atoms with Gasteiger partial charge in [0.25, 0.3) is 0 Å². The molecule has 38 heavy (non-hydrogen) atoms. The number of carbonyl (C=O) groups is 4. The molecule has 0 spiro atoms. The number of aromatic nitrogens is 4. The number of rotatable bonds is 13. The van der Waals surface area contributed by atoms with Crippen LogP contribution in [0.2, 0.25) is 0 Å². The number of aliphatic hydroxyl groups is 2. The van der Waals surface area contributed by atoms with Gasteiger partial charge >= 0.3 is 11.9 Å². The predicted octanol–water partition coefficient (Wildman–Crippen LogP) is -3.36. The van der Waals surface area contributed by atoms with Crippen molar-refractivity contribution in [3.05, 3.63) is 12.7 Å². The van der Waals surface area contributed by atoms with E-state index in [0.29, 0.717) is 11.2 Å². The summed E-state index contributed by atoms with van der Waals surface area (Å²) in [5, 5.41) is 43.4. The van der Waals surface area contributed by atoms with Crippen LogP contribution in [0.4, 0.5) is 5.82 Å². The zero-order chi connectivity index (χ0) is 28.0. The van der Waals surface area contributed by atoms with E-state index in [4.69, 9.17) is 26.4 Å². The van der Waals surface area contributed by atoms with E-state index in [1.54, 1.807) is 0 Å². The van der Waals surface area contributed by atoms with Crippen LogP contribution < -0.4 is 22.1 Å². The van der Waals surface area contributed by atoms with Crippen molar-refractivity contribution < 1.29 is 44.3 Å². The number of nitrogen functional groups attached to an aromatic ring is 1. The molecule has 1 aliphatic rings. The number of aliphatic carboxylic acids is 2. The molecule has 6 atom stereocenters. The third-order valence-corrected chi connectivity index (χ3v) is 6.76. The van der Waals surface area contributed by atoms with Gasteiger partial charge in [-0.05, 0) is 6.42 Å². The number of aliphatic hydroxyl groups excluding tert-OH is 2. The Morgan fingerprint density at radius 1 is 1.16 bits per heavy atom. The highest BCUT2D eigenvalue weighted by Gasteiger charge is 2.44. The van der Waals surface area contributed by atoms with Crippen LogP contribution in [0.3, 0.4) is 0 Å². The molecule has 0 aromatic carbocycles. The quantitative estimate of drug-likeness (QED) is 0.120. The fraction of sp³-hybridized carbons (Fsp3) is 0.550. The number of ether oxygens (including phenoxy) is 1. The highest BCUT2D eigenvalue weighted by Crippen LogP contribution is 2.33. The molecule has 0 radical (unpaired) electrons. The number of thioether (sulfide) groups is 1. The maximum atomic E-state index is 12.5. The number of imidazole rings is 1. The molecule has 3 heterocycles. The van der Waals surface area contributed by atoms with Gasteiger partial charge in [0.05, 0.1) is 12.4 Å². The number of carboxylic acids is 2. The largest absolute Gasteiger partial charge is 0.480 e. The number of amides is 2. The van der Waals surface area contributed by atoms with E-state index in [2.05, 4.69) is 25.6 Å². The van der Waals surface area contributed by atoms with Gasteiger partial charge in [-0.25, -0.2) is 15.0 Å². The topological polar surface area (TPSA) is 278 Å². The molecule has 1 fully saturated rings. The lowest BCUT2D eigenvalue weighted by Gasteiger charge is -2.20. The van der Waals surface area contributed by atoms with Gasteiger partial charge in [0.1, 0.15) is 42.7 Å². The third-order valence-electron chi connectivity index (χ3n) is 5.63. The first-order chi connectivity index (χ1) is 18.0. The number of nitrogens with one attached hydrogen (secondary N) is 2. The van der Waals surface area contributed by atoms with Gasteiger partial charge in [0.2, 0.25) is 11.8 Å². The van der Waals surface area contributed by atoms with Gasteiger partial charge in [-0.1, -0.05) is 0 Å². The van der Waals surface area contributed by atoms with Crippen LogP contribution >= 0.6 is 11.8 Å². The Kier molecular flexibility index (Phi) is 9.75. The Bertz CT molecular complexity index is 1180. The van der Waals surface area contributed by atoms with Crippen LogP contribution in [0.5, 0.6) is 0 Å². The van der Waals surface area contributed by atoms with Crippen molar-refractivity contribution in [1.82, 2.24) is 30.2 Å². The van der Waals surface area contributed by atoms with E-state index in [1.165, 1.54) is 17.2 Å². The molecule has 0 bridgehead atoms. The summed E-state index contributed by atoms with van der Waals surface area (Å²) in [5.74, 6) is -3.83. The number of nitrogens with zero attached hydrogens (tertiary/aromatic N) is 4. The first-order valence-electron chi connectivity index (χ1n) is 11.3. The van der Waals surface area contributed by atoms with Crippen LogP contribution in [0, 0.1) is 0 Å². The number of nitrogens with two attached hydrogens (primary N) is 2. The Balaban J connectivity index is 1.60. The molecular weight excluding hydrogens is 528 g/mol. The smallest absolute Gasteiger partial charge is 0.322 e. The summed E-state index contributed by atoms with van der Waals surface area (Å²) in [6, 6.07) is -2.44. The molecule has 208 valence electrons. The van der Waals surface area contributed by atoms with Gasteiger partial charge in [0.15, 0.2) is 17.7 Å². The van der Waals surface area contributed by atoms with E-state index in [-0.39, 0.29) is 30.2 Å². The summed E-state index contributed by atoms with van der Waals surface area (Å²) in [7, 11) is 0. The Labute approximate surface area is 218 Å². The third kappa shape index (κ3) is 7.04. The van der Waals surface area contributed by atoms with Crippen molar-refractivity contribution in [2.45, 2.75) is 49.5 Å². The molecule has 3 rings (SSSR count). The van der Waals surface area contributed by atoms with Crippen LogP contribution in [0.25, 0.3) is 11.2 Å².